The number of nitrogens with one attached hydrogen (secondary N) is 1. The van der Waals surface area contributed by atoms with Crippen molar-refractivity contribution in [1.82, 2.24) is 24.3 Å². The van der Waals surface area contributed by atoms with Gasteiger partial charge in [0.25, 0.3) is 0 Å². The first-order valence-electron chi connectivity index (χ1n) is 12.1. The normalized spacial score (nSPS) is 19.4. The molecule has 0 radical (unpaired) electrons. The molecule has 3 aromatic rings. The first kappa shape index (κ1) is 25.3. The van der Waals surface area contributed by atoms with E-state index in [2.05, 4.69) is 38.8 Å². The Bertz CT molecular complexity index is 1570. The van der Waals surface area contributed by atoms with Crippen molar-refractivity contribution in [3.63, 3.8) is 0 Å². The van der Waals surface area contributed by atoms with Gasteiger partial charge in [-0.25, -0.2) is 24.9 Å². The number of aliphatic imine (C=N–C) groups is 1. The smallest absolute Gasteiger partial charge is 0.383 e. The lowest BCUT2D eigenvalue weighted by molar-refractivity contribution is -0.117. The summed E-state index contributed by atoms with van der Waals surface area (Å²) in [6, 6.07) is 0. The maximum absolute atomic E-state index is 13.6. The minimum atomic E-state index is -4.72. The van der Waals surface area contributed by atoms with Crippen molar-refractivity contribution in [1.29, 1.82) is 0 Å². The standard InChI is InChI=1S/C26H25F3N8O/c1-4-7-8-15-23-31-11-12-37(23)13-16(32-15)21-34-20(30)19-22(35-21)36-24(38)25(19,14-9-10-14)17(5-2)33-18(6-3)26(27,28)29/h5-6,9,11-13H,2,4,7-8,10H2,1,3H3,(H3,30,34,35,36,38)/b18-6-,33-17+. The second-order valence-corrected chi connectivity index (χ2v) is 9.00. The molecular weight excluding hydrogens is 497 g/mol. The highest BCUT2D eigenvalue weighted by Crippen LogP contribution is 2.52. The number of nitrogen functional groups attached to an aromatic ring is 1. The van der Waals surface area contributed by atoms with Crippen LogP contribution in [0.4, 0.5) is 24.8 Å². The molecule has 2 aliphatic rings. The summed E-state index contributed by atoms with van der Waals surface area (Å²) in [5.74, 6) is -0.428. The second kappa shape index (κ2) is 9.19. The summed E-state index contributed by atoms with van der Waals surface area (Å²) < 4.78 is 42.5. The fraction of sp³-hybridized carbons (Fsp3) is 0.308. The largest absolute Gasteiger partial charge is 0.433 e. The van der Waals surface area contributed by atoms with Crippen LogP contribution in [0.15, 0.2) is 59.7 Å². The topological polar surface area (TPSA) is 123 Å². The summed E-state index contributed by atoms with van der Waals surface area (Å²) in [6.45, 7) is 6.96. The Kier molecular flexibility index (Phi) is 6.12. The maximum atomic E-state index is 13.6. The number of carbonyl (C=O) groups excluding carboxylic acids is 1. The molecule has 0 saturated carbocycles. The Morgan fingerprint density at radius 2 is 2.11 bits per heavy atom. The predicted octanol–water partition coefficient (Wildman–Crippen LogP) is 4.72. The number of unbranched alkanes of at least 4 members (excludes halogenated alkanes) is 1. The number of nitrogens with zero attached hydrogens (tertiary/aromatic N) is 6. The Balaban J connectivity index is 1.68. The van der Waals surface area contributed by atoms with Gasteiger partial charge in [0.05, 0.1) is 17.0 Å². The van der Waals surface area contributed by atoms with Crippen LogP contribution in [0.25, 0.3) is 17.2 Å². The van der Waals surface area contributed by atoms with Gasteiger partial charge in [-0.15, -0.1) is 0 Å². The zero-order valence-corrected chi connectivity index (χ0v) is 20.8. The van der Waals surface area contributed by atoms with Crippen molar-refractivity contribution in [3.8, 4) is 11.5 Å². The third-order valence-corrected chi connectivity index (χ3v) is 6.60. The zero-order chi connectivity index (χ0) is 27.2. The van der Waals surface area contributed by atoms with Gasteiger partial charge in [0.1, 0.15) is 28.4 Å². The van der Waals surface area contributed by atoms with E-state index in [-0.39, 0.29) is 28.7 Å². The van der Waals surface area contributed by atoms with Crippen LogP contribution >= 0.6 is 0 Å². The number of alkyl halides is 3. The number of imidazole rings is 1. The summed E-state index contributed by atoms with van der Waals surface area (Å²) in [5, 5.41) is 2.70. The maximum Gasteiger partial charge on any atom is 0.433 e. The summed E-state index contributed by atoms with van der Waals surface area (Å²) in [6.07, 6.45) is 7.14. The number of allylic oxidation sites excluding steroid dienone is 4. The predicted molar refractivity (Wildman–Crippen MR) is 137 cm³/mol. The van der Waals surface area contributed by atoms with Gasteiger partial charge >= 0.3 is 6.18 Å². The molecule has 1 aliphatic heterocycles. The SMILES string of the molecule is C=C/C(=N\C(=C/C)C(F)(F)F)C1(C2=CC2)C(=O)Nc2nc(-c3cn4ccnc4c(CCCC)n3)nc(N)c21. The number of anilines is 2. The second-order valence-electron chi connectivity index (χ2n) is 9.00. The Morgan fingerprint density at radius 1 is 1.34 bits per heavy atom. The van der Waals surface area contributed by atoms with Crippen LogP contribution in [0, 0.1) is 0 Å². The fourth-order valence-corrected chi connectivity index (χ4v) is 4.76. The Morgan fingerprint density at radius 3 is 2.74 bits per heavy atom. The van der Waals surface area contributed by atoms with Crippen LogP contribution in [0.3, 0.4) is 0 Å². The number of halogens is 3. The van der Waals surface area contributed by atoms with Crippen LogP contribution in [0.5, 0.6) is 0 Å². The van der Waals surface area contributed by atoms with Gasteiger partial charge in [0.15, 0.2) is 11.5 Å². The fourth-order valence-electron chi connectivity index (χ4n) is 4.76. The monoisotopic (exact) mass is 522 g/mol. The number of hydrogen-bond acceptors (Lipinski definition) is 7. The van der Waals surface area contributed by atoms with Gasteiger partial charge in [-0.2, -0.15) is 13.2 Å². The number of hydrogen-bond donors (Lipinski definition) is 2. The van der Waals surface area contributed by atoms with Gasteiger partial charge in [0, 0.05) is 18.6 Å². The average molecular weight is 523 g/mol. The number of carbonyl (C=O) groups is 1. The van der Waals surface area contributed by atoms with Crippen LogP contribution in [-0.4, -0.2) is 42.1 Å². The minimum Gasteiger partial charge on any atom is -0.383 e. The molecule has 9 nitrogen and oxygen atoms in total. The number of fused-ring (bicyclic) bond motifs is 2. The number of amides is 1. The Hall–Kier alpha value is -4.35. The molecule has 1 unspecified atom stereocenters. The molecule has 5 rings (SSSR count). The lowest BCUT2D eigenvalue weighted by atomic mass is 9.74. The van der Waals surface area contributed by atoms with Crippen LogP contribution in [0.1, 0.15) is 44.4 Å². The van der Waals surface area contributed by atoms with E-state index in [1.54, 1.807) is 24.7 Å². The first-order valence-corrected chi connectivity index (χ1v) is 12.1. The lowest BCUT2D eigenvalue weighted by Crippen LogP contribution is -2.42. The average Bonchev–Trinajstić information content (AvgIpc) is 3.53. The third kappa shape index (κ3) is 3.96. The van der Waals surface area contributed by atoms with Crippen LogP contribution in [0.2, 0.25) is 0 Å². The van der Waals surface area contributed by atoms with E-state index in [0.29, 0.717) is 24.1 Å². The molecule has 38 heavy (non-hydrogen) atoms. The highest BCUT2D eigenvalue weighted by atomic mass is 19.4. The molecule has 12 heteroatoms. The van der Waals surface area contributed by atoms with E-state index in [0.717, 1.165) is 36.3 Å². The van der Waals surface area contributed by atoms with Crippen molar-refractivity contribution in [3.05, 3.63) is 65.9 Å². The number of nitrogens with two attached hydrogens (primary N) is 1. The zero-order valence-electron chi connectivity index (χ0n) is 20.8. The number of rotatable bonds is 8. The minimum absolute atomic E-state index is 0.0672. The van der Waals surface area contributed by atoms with Crippen LogP contribution < -0.4 is 11.1 Å². The van der Waals surface area contributed by atoms with Crippen molar-refractivity contribution in [2.45, 2.75) is 51.1 Å². The van der Waals surface area contributed by atoms with Crippen LogP contribution in [-0.2, 0) is 16.6 Å². The van der Waals surface area contributed by atoms with Gasteiger partial charge in [-0.1, -0.05) is 32.1 Å². The summed E-state index contributed by atoms with van der Waals surface area (Å²) in [4.78, 5) is 35.5. The molecule has 0 saturated heterocycles. The molecule has 1 atom stereocenters. The summed E-state index contributed by atoms with van der Waals surface area (Å²) in [5.41, 5.74) is 5.96. The van der Waals surface area contributed by atoms with E-state index < -0.39 is 23.2 Å². The number of aryl methyl sites for hydroxylation is 1. The van der Waals surface area contributed by atoms with E-state index in [1.807, 2.05) is 4.40 Å². The molecule has 196 valence electrons. The molecule has 4 heterocycles. The van der Waals surface area contributed by atoms with E-state index in [1.165, 1.54) is 6.92 Å². The van der Waals surface area contributed by atoms with Gasteiger partial charge in [-0.05, 0) is 37.8 Å². The van der Waals surface area contributed by atoms with Gasteiger partial charge in [-0.3, -0.25) is 4.79 Å². The molecule has 3 aromatic heterocycles. The van der Waals surface area contributed by atoms with Gasteiger partial charge in [0.2, 0.25) is 5.91 Å². The summed E-state index contributed by atoms with van der Waals surface area (Å²) >= 11 is 0. The third-order valence-electron chi connectivity index (χ3n) is 6.60. The first-order chi connectivity index (χ1) is 18.1. The molecule has 1 aliphatic carbocycles. The number of aromatic nitrogens is 5. The highest BCUT2D eigenvalue weighted by molar-refractivity contribution is 6.29. The molecule has 3 N–H and O–H groups in total. The highest BCUT2D eigenvalue weighted by Gasteiger charge is 2.57. The van der Waals surface area contributed by atoms with E-state index >= 15 is 0 Å². The van der Waals surface area contributed by atoms with Crippen molar-refractivity contribution in [2.75, 3.05) is 11.1 Å². The van der Waals surface area contributed by atoms with E-state index in [4.69, 9.17) is 10.7 Å². The molecule has 0 aromatic carbocycles. The summed E-state index contributed by atoms with van der Waals surface area (Å²) in [7, 11) is 0. The molecule has 0 bridgehead atoms. The van der Waals surface area contributed by atoms with Crippen molar-refractivity contribution < 1.29 is 18.0 Å². The molecule has 1 amide bonds. The van der Waals surface area contributed by atoms with Crippen molar-refractivity contribution in [2.24, 2.45) is 4.99 Å². The molecular formula is C26H25F3N8O. The Labute approximate surface area is 216 Å². The van der Waals surface area contributed by atoms with E-state index in [9.17, 15) is 18.0 Å². The molecule has 0 fully saturated rings. The quantitative estimate of drug-likeness (QED) is 0.326. The lowest BCUT2D eigenvalue weighted by Gasteiger charge is -2.26. The van der Waals surface area contributed by atoms with Gasteiger partial charge < -0.3 is 15.5 Å². The molecule has 0 spiro atoms. The van der Waals surface area contributed by atoms with Crippen molar-refractivity contribution >= 4 is 28.9 Å².